The molecular formula is C17H24O7-2. The second-order valence-electron chi connectivity index (χ2n) is 6.01. The van der Waals surface area contributed by atoms with E-state index in [0.29, 0.717) is 6.61 Å². The zero-order valence-corrected chi connectivity index (χ0v) is 14.0. The summed E-state index contributed by atoms with van der Waals surface area (Å²) in [6.45, 7) is 5.27. The predicted octanol–water partition coefficient (Wildman–Crippen LogP) is -0.279. The van der Waals surface area contributed by atoms with Crippen LogP contribution < -0.4 is 10.2 Å². The van der Waals surface area contributed by atoms with E-state index in [2.05, 4.69) is 6.58 Å². The number of carbonyl (C=O) groups is 3. The minimum atomic E-state index is -2.10. The Hall–Kier alpha value is -1.89. The molecular weight excluding hydrogens is 316 g/mol. The summed E-state index contributed by atoms with van der Waals surface area (Å²) >= 11 is 0. The van der Waals surface area contributed by atoms with Gasteiger partial charge in [-0.05, 0) is 44.6 Å². The van der Waals surface area contributed by atoms with Crippen LogP contribution >= 0.6 is 0 Å². The van der Waals surface area contributed by atoms with E-state index < -0.39 is 35.3 Å². The Bertz CT molecular complexity index is 479. The lowest BCUT2D eigenvalue weighted by Gasteiger charge is -2.37. The topological polar surface area (TPSA) is 116 Å². The van der Waals surface area contributed by atoms with E-state index in [1.807, 2.05) is 0 Å². The van der Waals surface area contributed by atoms with E-state index in [1.165, 1.54) is 0 Å². The van der Waals surface area contributed by atoms with Crippen LogP contribution in [0.1, 0.15) is 51.9 Å². The molecule has 1 aliphatic carbocycles. The van der Waals surface area contributed by atoms with Crippen LogP contribution in [0, 0.1) is 5.41 Å². The number of carboxylic acids is 2. The zero-order valence-electron chi connectivity index (χ0n) is 14.0. The van der Waals surface area contributed by atoms with Gasteiger partial charge in [0.25, 0.3) is 0 Å². The molecule has 136 valence electrons. The van der Waals surface area contributed by atoms with Crippen LogP contribution in [0.4, 0.5) is 0 Å². The van der Waals surface area contributed by atoms with Crippen molar-refractivity contribution in [2.45, 2.75) is 58.0 Å². The van der Waals surface area contributed by atoms with Crippen molar-refractivity contribution in [3.8, 4) is 0 Å². The fourth-order valence-corrected chi connectivity index (χ4v) is 2.89. The van der Waals surface area contributed by atoms with Crippen molar-refractivity contribution in [1.82, 2.24) is 0 Å². The molecule has 0 aromatic rings. The molecule has 24 heavy (non-hydrogen) atoms. The van der Waals surface area contributed by atoms with E-state index >= 15 is 0 Å². The highest BCUT2D eigenvalue weighted by Crippen LogP contribution is 2.35. The summed E-state index contributed by atoms with van der Waals surface area (Å²) in [6, 6.07) is 0. The molecule has 1 aliphatic rings. The Labute approximate surface area is 141 Å². The van der Waals surface area contributed by atoms with Crippen molar-refractivity contribution < 1.29 is 34.1 Å². The van der Waals surface area contributed by atoms with Crippen LogP contribution in [0.5, 0.6) is 0 Å². The van der Waals surface area contributed by atoms with Crippen molar-refractivity contribution in [2.75, 3.05) is 13.2 Å². The third-order valence-corrected chi connectivity index (χ3v) is 4.39. The van der Waals surface area contributed by atoms with E-state index in [0.717, 1.165) is 32.1 Å². The van der Waals surface area contributed by atoms with Crippen LogP contribution in [-0.4, -0.2) is 37.2 Å². The van der Waals surface area contributed by atoms with Gasteiger partial charge in [0.05, 0.1) is 18.4 Å². The maximum atomic E-state index is 12.2. The molecule has 1 rings (SSSR count). The van der Waals surface area contributed by atoms with Gasteiger partial charge in [0.2, 0.25) is 0 Å². The van der Waals surface area contributed by atoms with Gasteiger partial charge in [-0.2, -0.15) is 0 Å². The molecule has 0 saturated heterocycles. The van der Waals surface area contributed by atoms with E-state index in [1.54, 1.807) is 6.92 Å². The number of esters is 1. The van der Waals surface area contributed by atoms with E-state index in [9.17, 15) is 24.6 Å². The normalized spacial score (nSPS) is 17.7. The maximum absolute atomic E-state index is 12.2. The number of rotatable bonds is 10. The van der Waals surface area contributed by atoms with Gasteiger partial charge in [0.15, 0.2) is 0 Å². The molecule has 0 spiro atoms. The quantitative estimate of drug-likeness (QED) is 0.305. The lowest BCUT2D eigenvalue weighted by molar-refractivity contribution is -0.322. The van der Waals surface area contributed by atoms with Gasteiger partial charge in [-0.25, -0.2) is 0 Å². The fourth-order valence-electron chi connectivity index (χ4n) is 2.89. The molecule has 0 aliphatic heterocycles. The Kier molecular flexibility index (Phi) is 7.91. The third kappa shape index (κ3) is 5.33. The van der Waals surface area contributed by atoms with Crippen LogP contribution in [0.25, 0.3) is 0 Å². The largest absolute Gasteiger partial charge is 0.549 e. The van der Waals surface area contributed by atoms with Gasteiger partial charge in [-0.15, -0.1) is 0 Å². The standard InChI is InChI=1S/C17H26O7/c1-3-23-10-9-17(16(21)22,12(2)15(19)20)11-14(18)24-13-7-5-4-6-8-13/h13H,2-11H2,1H3,(H,19,20)(H,21,22)/p-2. The first-order valence-corrected chi connectivity index (χ1v) is 8.23. The molecule has 7 nitrogen and oxygen atoms in total. The van der Waals surface area contributed by atoms with Gasteiger partial charge in [-0.3, -0.25) is 4.79 Å². The first kappa shape index (κ1) is 20.2. The number of aliphatic carboxylic acids is 2. The summed E-state index contributed by atoms with van der Waals surface area (Å²) in [4.78, 5) is 35.0. The van der Waals surface area contributed by atoms with Gasteiger partial charge in [0, 0.05) is 18.6 Å². The maximum Gasteiger partial charge on any atom is 0.307 e. The fraction of sp³-hybridized carbons (Fsp3) is 0.706. The third-order valence-electron chi connectivity index (χ3n) is 4.39. The minimum Gasteiger partial charge on any atom is -0.549 e. The van der Waals surface area contributed by atoms with E-state index in [4.69, 9.17) is 9.47 Å². The number of carbonyl (C=O) groups excluding carboxylic acids is 3. The summed E-state index contributed by atoms with van der Waals surface area (Å²) in [7, 11) is 0. The molecule has 1 atom stereocenters. The molecule has 0 heterocycles. The smallest absolute Gasteiger partial charge is 0.307 e. The van der Waals surface area contributed by atoms with Crippen LogP contribution in [-0.2, 0) is 23.9 Å². The molecule has 0 amide bonds. The molecule has 0 N–H and O–H groups in total. The molecule has 7 heteroatoms. The molecule has 0 radical (unpaired) electrons. The Morgan fingerprint density at radius 3 is 2.29 bits per heavy atom. The lowest BCUT2D eigenvalue weighted by Crippen LogP contribution is -2.50. The average Bonchev–Trinajstić information content (AvgIpc) is 2.53. The van der Waals surface area contributed by atoms with Gasteiger partial charge in [-0.1, -0.05) is 13.0 Å². The molecule has 1 saturated carbocycles. The first-order chi connectivity index (χ1) is 11.3. The summed E-state index contributed by atoms with van der Waals surface area (Å²) < 4.78 is 10.4. The second-order valence-corrected chi connectivity index (χ2v) is 6.01. The first-order valence-electron chi connectivity index (χ1n) is 8.23. The van der Waals surface area contributed by atoms with Crippen molar-refractivity contribution in [3.63, 3.8) is 0 Å². The molecule has 0 aromatic heterocycles. The summed E-state index contributed by atoms with van der Waals surface area (Å²) in [5.74, 6) is -4.21. The number of ether oxygens (including phenoxy) is 2. The van der Waals surface area contributed by atoms with Crippen LogP contribution in [0.3, 0.4) is 0 Å². The summed E-state index contributed by atoms with van der Waals surface area (Å²) in [5.41, 5.74) is -2.80. The summed E-state index contributed by atoms with van der Waals surface area (Å²) in [6.07, 6.45) is 3.25. The molecule has 0 aromatic carbocycles. The van der Waals surface area contributed by atoms with Crippen molar-refractivity contribution in [3.05, 3.63) is 12.2 Å². The average molecular weight is 340 g/mol. The lowest BCUT2D eigenvalue weighted by atomic mass is 9.75. The highest BCUT2D eigenvalue weighted by Gasteiger charge is 2.39. The number of hydrogen-bond acceptors (Lipinski definition) is 7. The van der Waals surface area contributed by atoms with E-state index in [-0.39, 0.29) is 19.1 Å². The van der Waals surface area contributed by atoms with Crippen molar-refractivity contribution in [1.29, 1.82) is 0 Å². The highest BCUT2D eigenvalue weighted by molar-refractivity contribution is 5.96. The van der Waals surface area contributed by atoms with Crippen molar-refractivity contribution >= 4 is 17.9 Å². The zero-order chi connectivity index (χ0) is 18.2. The number of hydrogen-bond donors (Lipinski definition) is 0. The highest BCUT2D eigenvalue weighted by atomic mass is 16.5. The van der Waals surface area contributed by atoms with Crippen LogP contribution in [0.15, 0.2) is 12.2 Å². The van der Waals surface area contributed by atoms with Crippen LogP contribution in [0.2, 0.25) is 0 Å². The second kappa shape index (κ2) is 9.42. The Balaban J connectivity index is 2.88. The van der Waals surface area contributed by atoms with Gasteiger partial charge in [0.1, 0.15) is 6.10 Å². The predicted molar refractivity (Wildman–Crippen MR) is 80.3 cm³/mol. The van der Waals surface area contributed by atoms with Gasteiger partial charge >= 0.3 is 5.97 Å². The minimum absolute atomic E-state index is 0.0481. The SMILES string of the molecule is C=C(C(=O)[O-])C(CCOCC)(CC(=O)OC1CCCCC1)C(=O)[O-]. The monoisotopic (exact) mass is 340 g/mol. The summed E-state index contributed by atoms with van der Waals surface area (Å²) in [5, 5.41) is 22.8. The Morgan fingerprint density at radius 2 is 1.79 bits per heavy atom. The molecule has 1 fully saturated rings. The number of carboxylic acid groups (broad SMARTS) is 2. The molecule has 1 unspecified atom stereocenters. The van der Waals surface area contributed by atoms with Crippen molar-refractivity contribution in [2.24, 2.45) is 5.41 Å². The van der Waals surface area contributed by atoms with Gasteiger partial charge < -0.3 is 29.3 Å². The molecule has 0 bridgehead atoms. The Morgan fingerprint density at radius 1 is 1.17 bits per heavy atom.